The van der Waals surface area contributed by atoms with E-state index in [2.05, 4.69) is 10.3 Å². The average Bonchev–Trinajstić information content (AvgIpc) is 3.10. The maximum Gasteiger partial charge on any atom is 0.255 e. The van der Waals surface area contributed by atoms with Crippen molar-refractivity contribution in [1.82, 2.24) is 15.2 Å². The Kier molecular flexibility index (Phi) is 4.77. The number of pyridine rings is 1. The molecule has 0 aliphatic carbocycles. The lowest BCUT2D eigenvalue weighted by atomic mass is 10.0. The van der Waals surface area contributed by atoms with Crippen LogP contribution in [0.25, 0.3) is 11.3 Å². The van der Waals surface area contributed by atoms with Gasteiger partial charge >= 0.3 is 0 Å². The second-order valence-corrected chi connectivity index (χ2v) is 8.15. The Balaban J connectivity index is 1.46. The van der Waals surface area contributed by atoms with Crippen molar-refractivity contribution in [1.29, 1.82) is 0 Å². The van der Waals surface area contributed by atoms with E-state index in [0.29, 0.717) is 37.2 Å². The zero-order valence-electron chi connectivity index (χ0n) is 17.0. The van der Waals surface area contributed by atoms with E-state index >= 15 is 0 Å². The largest absolute Gasteiger partial charge is 0.322 e. The number of piperidine rings is 2. The van der Waals surface area contributed by atoms with Crippen LogP contribution in [-0.2, 0) is 20.9 Å². The smallest absolute Gasteiger partial charge is 0.255 e. The molecule has 2 saturated heterocycles. The topological polar surface area (TPSA) is 99.7 Å². The maximum absolute atomic E-state index is 12.9. The van der Waals surface area contributed by atoms with Gasteiger partial charge in [0, 0.05) is 43.3 Å². The molecular formula is C23H22N4O4. The lowest BCUT2D eigenvalue weighted by Gasteiger charge is -2.29. The third-order valence-corrected chi connectivity index (χ3v) is 6.20. The predicted molar refractivity (Wildman–Crippen MR) is 112 cm³/mol. The lowest BCUT2D eigenvalue weighted by molar-refractivity contribution is -0.137. The molecule has 3 aliphatic heterocycles. The first-order valence-corrected chi connectivity index (χ1v) is 10.6. The maximum atomic E-state index is 12.9. The van der Waals surface area contributed by atoms with E-state index in [1.807, 2.05) is 24.3 Å². The number of rotatable bonds is 3. The van der Waals surface area contributed by atoms with Gasteiger partial charge in [0.25, 0.3) is 5.91 Å². The zero-order valence-corrected chi connectivity index (χ0v) is 17.0. The molecule has 4 heterocycles. The molecule has 0 bridgehead atoms. The molecule has 1 aromatic heterocycles. The van der Waals surface area contributed by atoms with Crippen molar-refractivity contribution < 1.29 is 19.2 Å². The van der Waals surface area contributed by atoms with Crippen LogP contribution in [0.3, 0.4) is 0 Å². The third kappa shape index (κ3) is 3.37. The molecule has 4 amide bonds. The molecule has 0 radical (unpaired) electrons. The number of anilines is 1. The molecule has 1 aromatic carbocycles. The number of hydrogen-bond acceptors (Lipinski definition) is 5. The first kappa shape index (κ1) is 19.4. The highest BCUT2D eigenvalue weighted by Crippen LogP contribution is 2.35. The van der Waals surface area contributed by atoms with Gasteiger partial charge in [0.1, 0.15) is 6.04 Å². The van der Waals surface area contributed by atoms with Gasteiger partial charge in [-0.3, -0.25) is 29.5 Å². The highest BCUT2D eigenvalue weighted by Gasteiger charge is 2.39. The molecule has 8 nitrogen and oxygen atoms in total. The van der Waals surface area contributed by atoms with Gasteiger partial charge in [0.2, 0.25) is 17.7 Å². The van der Waals surface area contributed by atoms with Crippen LogP contribution < -0.4 is 10.2 Å². The fourth-order valence-corrected chi connectivity index (χ4v) is 4.62. The summed E-state index contributed by atoms with van der Waals surface area (Å²) in [4.78, 5) is 57.0. The fraction of sp³-hybridized carbons (Fsp3) is 0.348. The molecule has 0 spiro atoms. The minimum absolute atomic E-state index is 0.0980. The normalized spacial score (nSPS) is 21.4. The minimum atomic E-state index is -0.641. The summed E-state index contributed by atoms with van der Waals surface area (Å²) in [6, 6.07) is 8.60. The summed E-state index contributed by atoms with van der Waals surface area (Å²) in [5.41, 5.74) is 3.67. The number of hydrogen-bond donors (Lipinski definition) is 1. The molecule has 1 unspecified atom stereocenters. The number of nitrogens with zero attached hydrogens (tertiary/aromatic N) is 3. The van der Waals surface area contributed by atoms with E-state index in [0.717, 1.165) is 29.7 Å². The fourth-order valence-electron chi connectivity index (χ4n) is 4.62. The van der Waals surface area contributed by atoms with Crippen LogP contribution in [0.2, 0.25) is 0 Å². The Labute approximate surface area is 179 Å². The molecule has 1 N–H and O–H groups in total. The zero-order chi connectivity index (χ0) is 21.5. The van der Waals surface area contributed by atoms with Crippen molar-refractivity contribution in [2.24, 2.45) is 0 Å². The molecule has 3 aliphatic rings. The number of benzene rings is 1. The first-order chi connectivity index (χ1) is 15.0. The van der Waals surface area contributed by atoms with Crippen molar-refractivity contribution in [3.05, 3.63) is 47.7 Å². The second-order valence-electron chi connectivity index (χ2n) is 8.15. The SMILES string of the molecule is O=C1CCC(N2Cc3cc(-c4ncccc4N4CCCCC4=O)ccc3C2=O)C(=O)N1. The van der Waals surface area contributed by atoms with E-state index in [4.69, 9.17) is 0 Å². The standard InChI is InChI=1S/C23H22N4O4/c28-19-9-8-18(22(30)25-19)27-13-15-12-14(6-7-16(15)23(27)31)21-17(4-3-10-24-21)26-11-2-1-5-20(26)29/h3-4,6-7,10,12,18H,1-2,5,8-9,11,13H2,(H,25,28,30). The van der Waals surface area contributed by atoms with Crippen molar-refractivity contribution in [2.75, 3.05) is 11.4 Å². The molecule has 2 fully saturated rings. The monoisotopic (exact) mass is 418 g/mol. The van der Waals surface area contributed by atoms with Crippen molar-refractivity contribution in [3.8, 4) is 11.3 Å². The van der Waals surface area contributed by atoms with E-state index in [9.17, 15) is 19.2 Å². The Morgan fingerprint density at radius 3 is 2.71 bits per heavy atom. The summed E-state index contributed by atoms with van der Waals surface area (Å²) in [6.07, 6.45) is 4.65. The predicted octanol–water partition coefficient (Wildman–Crippen LogP) is 2.03. The van der Waals surface area contributed by atoms with E-state index in [-0.39, 0.29) is 24.1 Å². The summed E-state index contributed by atoms with van der Waals surface area (Å²) in [7, 11) is 0. The van der Waals surface area contributed by atoms with Crippen molar-refractivity contribution >= 4 is 29.3 Å². The summed E-state index contributed by atoms with van der Waals surface area (Å²) < 4.78 is 0. The molecule has 8 heteroatoms. The number of amides is 4. The van der Waals surface area contributed by atoms with Gasteiger partial charge in [-0.05, 0) is 49.1 Å². The van der Waals surface area contributed by atoms with Crippen LogP contribution in [0.1, 0.15) is 48.0 Å². The molecule has 0 saturated carbocycles. The quantitative estimate of drug-likeness (QED) is 0.769. The number of carbonyl (C=O) groups excluding carboxylic acids is 4. The van der Waals surface area contributed by atoms with Gasteiger partial charge < -0.3 is 9.80 Å². The summed E-state index contributed by atoms with van der Waals surface area (Å²) in [6.45, 7) is 0.976. The van der Waals surface area contributed by atoms with E-state index in [1.165, 1.54) is 4.90 Å². The summed E-state index contributed by atoms with van der Waals surface area (Å²) in [5, 5.41) is 2.32. The molecule has 5 rings (SSSR count). The number of carbonyl (C=O) groups is 4. The Morgan fingerprint density at radius 2 is 1.90 bits per heavy atom. The third-order valence-electron chi connectivity index (χ3n) is 6.20. The Hall–Kier alpha value is -3.55. The number of nitrogens with one attached hydrogen (secondary N) is 1. The number of imide groups is 1. The molecular weight excluding hydrogens is 396 g/mol. The summed E-state index contributed by atoms with van der Waals surface area (Å²) in [5.74, 6) is -0.833. The van der Waals surface area contributed by atoms with Gasteiger partial charge in [-0.1, -0.05) is 6.07 Å². The highest BCUT2D eigenvalue weighted by molar-refractivity contribution is 6.05. The lowest BCUT2D eigenvalue weighted by Crippen LogP contribution is -2.52. The number of fused-ring (bicyclic) bond motifs is 1. The Bertz CT molecular complexity index is 1110. The average molecular weight is 418 g/mol. The van der Waals surface area contributed by atoms with Gasteiger partial charge in [-0.15, -0.1) is 0 Å². The van der Waals surface area contributed by atoms with Gasteiger partial charge in [0.05, 0.1) is 11.4 Å². The highest BCUT2D eigenvalue weighted by atomic mass is 16.2. The first-order valence-electron chi connectivity index (χ1n) is 10.6. The second kappa shape index (κ2) is 7.61. The molecule has 31 heavy (non-hydrogen) atoms. The van der Waals surface area contributed by atoms with Crippen LogP contribution in [0.5, 0.6) is 0 Å². The minimum Gasteiger partial charge on any atom is -0.322 e. The van der Waals surface area contributed by atoms with E-state index in [1.54, 1.807) is 17.2 Å². The van der Waals surface area contributed by atoms with Crippen LogP contribution in [0, 0.1) is 0 Å². The van der Waals surface area contributed by atoms with Crippen molar-refractivity contribution in [3.63, 3.8) is 0 Å². The molecule has 1 atom stereocenters. The number of aromatic nitrogens is 1. The molecule has 2 aromatic rings. The van der Waals surface area contributed by atoms with Gasteiger partial charge in [-0.25, -0.2) is 0 Å². The van der Waals surface area contributed by atoms with E-state index < -0.39 is 11.9 Å². The van der Waals surface area contributed by atoms with Crippen LogP contribution >= 0.6 is 0 Å². The molecule has 158 valence electrons. The van der Waals surface area contributed by atoms with Gasteiger partial charge in [-0.2, -0.15) is 0 Å². The van der Waals surface area contributed by atoms with Crippen LogP contribution in [-0.4, -0.2) is 46.1 Å². The summed E-state index contributed by atoms with van der Waals surface area (Å²) >= 11 is 0. The Morgan fingerprint density at radius 1 is 1.03 bits per heavy atom. The van der Waals surface area contributed by atoms with Gasteiger partial charge in [0.15, 0.2) is 0 Å². The van der Waals surface area contributed by atoms with Crippen LogP contribution in [0.15, 0.2) is 36.5 Å². The van der Waals surface area contributed by atoms with Crippen LogP contribution in [0.4, 0.5) is 5.69 Å². The van der Waals surface area contributed by atoms with Crippen molar-refractivity contribution in [2.45, 2.75) is 44.7 Å².